The van der Waals surface area contributed by atoms with Gasteiger partial charge in [0.1, 0.15) is 18.1 Å². The van der Waals surface area contributed by atoms with Crippen molar-refractivity contribution in [3.05, 3.63) is 94.1 Å². The molecule has 2 amide bonds. The molecule has 0 radical (unpaired) electrons. The summed E-state index contributed by atoms with van der Waals surface area (Å²) in [4.78, 5) is 35.7. The number of hydrogen-bond donors (Lipinski definition) is 2. The number of nitro benzene ring substituents is 1. The van der Waals surface area contributed by atoms with Crippen LogP contribution >= 0.6 is 0 Å². The fraction of sp³-hybridized carbons (Fsp3) is 0.136. The molecule has 1 aromatic carbocycles. The number of amides is 2. The van der Waals surface area contributed by atoms with Crippen LogP contribution in [0.3, 0.4) is 0 Å². The Bertz CT molecular complexity index is 1320. The Hall–Kier alpha value is -4.87. The third-order valence-corrected chi connectivity index (χ3v) is 4.61. The first-order valence-corrected chi connectivity index (χ1v) is 10.0. The lowest BCUT2D eigenvalue weighted by atomic mass is 10.3. The van der Waals surface area contributed by atoms with Gasteiger partial charge in [0, 0.05) is 19.3 Å². The van der Waals surface area contributed by atoms with Gasteiger partial charge in [0.15, 0.2) is 17.2 Å². The number of nitrogens with zero attached hydrogens (tertiary/aromatic N) is 3. The largest absolute Gasteiger partial charge is 0.479 e. The topological polar surface area (TPSA) is 155 Å². The average molecular weight is 465 g/mol. The number of furan rings is 2. The summed E-state index contributed by atoms with van der Waals surface area (Å²) < 4.78 is 17.5. The summed E-state index contributed by atoms with van der Waals surface area (Å²) in [5.41, 5.74) is 0.0360. The maximum atomic E-state index is 12.7. The number of nitrogens with one attached hydrogen (secondary N) is 2. The number of para-hydroxylation sites is 2. The molecule has 0 aliphatic carbocycles. The molecule has 0 bridgehead atoms. The average Bonchev–Trinajstić information content (AvgIpc) is 3.57. The van der Waals surface area contributed by atoms with Crippen molar-refractivity contribution in [3.63, 3.8) is 0 Å². The number of benzene rings is 1. The van der Waals surface area contributed by atoms with Gasteiger partial charge in [0.05, 0.1) is 23.4 Å². The van der Waals surface area contributed by atoms with Crippen LogP contribution in [0, 0.1) is 10.1 Å². The number of anilines is 1. The maximum Gasteiger partial charge on any atom is 0.310 e. The number of rotatable bonds is 9. The van der Waals surface area contributed by atoms with Crippen LogP contribution in [-0.2, 0) is 20.2 Å². The van der Waals surface area contributed by atoms with Crippen molar-refractivity contribution >= 4 is 23.2 Å². The summed E-state index contributed by atoms with van der Waals surface area (Å²) in [5.74, 6) is -0.204. The Morgan fingerprint density at radius 3 is 2.71 bits per heavy atom. The molecule has 0 atom stereocenters. The molecule has 12 nitrogen and oxygen atoms in total. The van der Waals surface area contributed by atoms with Crippen LogP contribution in [-0.4, -0.2) is 26.5 Å². The van der Waals surface area contributed by atoms with Gasteiger partial charge < -0.3 is 24.2 Å². The molecule has 3 aromatic heterocycles. The lowest BCUT2D eigenvalue weighted by Gasteiger charge is -2.05. The second kappa shape index (κ2) is 9.73. The fourth-order valence-corrected chi connectivity index (χ4v) is 3.05. The molecule has 0 saturated carbocycles. The lowest BCUT2D eigenvalue weighted by Crippen LogP contribution is -2.25. The van der Waals surface area contributed by atoms with Gasteiger partial charge in [0.2, 0.25) is 0 Å². The van der Waals surface area contributed by atoms with Crippen molar-refractivity contribution in [2.45, 2.75) is 13.2 Å². The number of ether oxygens (including phenoxy) is 1. The molecule has 3 heterocycles. The molecule has 174 valence electrons. The minimum absolute atomic E-state index is 0.0221. The Morgan fingerprint density at radius 2 is 1.94 bits per heavy atom. The van der Waals surface area contributed by atoms with Crippen molar-refractivity contribution in [1.29, 1.82) is 0 Å². The number of carbonyl (C=O) groups excluding carboxylic acids is 2. The SMILES string of the molecule is Cn1cc(NC(=O)c2ccc(COc3ccccc3[N+](=O)[O-])o2)c(C(=O)NCc2ccco2)n1. The molecule has 4 rings (SSSR count). The number of aryl methyl sites for hydroxylation is 1. The van der Waals surface area contributed by atoms with E-state index < -0.39 is 16.7 Å². The molecule has 0 spiro atoms. The zero-order valence-electron chi connectivity index (χ0n) is 17.9. The van der Waals surface area contributed by atoms with Crippen LogP contribution in [0.5, 0.6) is 5.75 Å². The first-order valence-electron chi connectivity index (χ1n) is 10.0. The summed E-state index contributed by atoms with van der Waals surface area (Å²) in [7, 11) is 1.62. The summed E-state index contributed by atoms with van der Waals surface area (Å²) in [5, 5.41) is 20.5. The third kappa shape index (κ3) is 5.12. The number of aromatic nitrogens is 2. The molecule has 12 heteroatoms. The minimum atomic E-state index is -0.606. The molecular weight excluding hydrogens is 446 g/mol. The highest BCUT2D eigenvalue weighted by Crippen LogP contribution is 2.27. The molecule has 0 aliphatic heterocycles. The zero-order chi connectivity index (χ0) is 24.1. The number of carbonyl (C=O) groups is 2. The predicted octanol–water partition coefficient (Wildman–Crippen LogP) is 3.28. The van der Waals surface area contributed by atoms with E-state index in [0.29, 0.717) is 5.76 Å². The van der Waals surface area contributed by atoms with Gasteiger partial charge in [-0.25, -0.2) is 0 Å². The summed E-state index contributed by atoms with van der Waals surface area (Å²) in [6.45, 7) is 0.0440. The predicted molar refractivity (Wildman–Crippen MR) is 117 cm³/mol. The van der Waals surface area contributed by atoms with Crippen molar-refractivity contribution < 1.29 is 28.1 Å². The minimum Gasteiger partial charge on any atom is -0.479 e. The Kier molecular flexibility index (Phi) is 6.39. The van der Waals surface area contributed by atoms with Crippen LogP contribution in [0.4, 0.5) is 11.4 Å². The molecule has 0 unspecified atom stereocenters. The smallest absolute Gasteiger partial charge is 0.310 e. The molecule has 4 aromatic rings. The van der Waals surface area contributed by atoms with Crippen molar-refractivity contribution in [2.75, 3.05) is 5.32 Å². The van der Waals surface area contributed by atoms with Gasteiger partial charge >= 0.3 is 5.69 Å². The molecule has 0 aliphatic rings. The third-order valence-electron chi connectivity index (χ3n) is 4.61. The molecule has 2 N–H and O–H groups in total. The second-order valence-electron chi connectivity index (χ2n) is 7.06. The highest BCUT2D eigenvalue weighted by Gasteiger charge is 2.21. The van der Waals surface area contributed by atoms with Crippen LogP contribution in [0.15, 0.2) is 69.8 Å². The van der Waals surface area contributed by atoms with Crippen LogP contribution in [0.1, 0.15) is 32.6 Å². The standard InChI is InChI=1S/C22H19N5O7/c1-26-12-16(20(25-26)22(29)23-11-14-5-4-10-32-14)24-21(28)19-9-8-15(34-19)13-33-18-7-3-2-6-17(18)27(30)31/h2-10,12H,11,13H2,1H3,(H,23,29)(H,24,28). The summed E-state index contributed by atoms with van der Waals surface area (Å²) in [6, 6.07) is 12.3. The van der Waals surface area contributed by atoms with Crippen LogP contribution in [0.25, 0.3) is 0 Å². The monoisotopic (exact) mass is 465 g/mol. The van der Waals surface area contributed by atoms with Gasteiger partial charge in [-0.15, -0.1) is 0 Å². The highest BCUT2D eigenvalue weighted by molar-refractivity contribution is 6.07. The Morgan fingerprint density at radius 1 is 1.12 bits per heavy atom. The lowest BCUT2D eigenvalue weighted by molar-refractivity contribution is -0.386. The van der Waals surface area contributed by atoms with Crippen LogP contribution in [0.2, 0.25) is 0 Å². The van der Waals surface area contributed by atoms with Gasteiger partial charge in [-0.1, -0.05) is 12.1 Å². The normalized spacial score (nSPS) is 10.6. The molecule has 0 fully saturated rings. The van der Waals surface area contributed by atoms with E-state index in [9.17, 15) is 19.7 Å². The highest BCUT2D eigenvalue weighted by atomic mass is 16.6. The number of hydrogen-bond acceptors (Lipinski definition) is 8. The summed E-state index contributed by atoms with van der Waals surface area (Å²) in [6.07, 6.45) is 2.98. The van der Waals surface area contributed by atoms with Gasteiger partial charge in [0.25, 0.3) is 11.8 Å². The van der Waals surface area contributed by atoms with Crippen molar-refractivity contribution in [1.82, 2.24) is 15.1 Å². The van der Waals surface area contributed by atoms with E-state index in [1.165, 1.54) is 47.5 Å². The van der Waals surface area contributed by atoms with E-state index in [0.717, 1.165) is 0 Å². The quantitative estimate of drug-likeness (QED) is 0.282. The van der Waals surface area contributed by atoms with Gasteiger partial charge in [-0.3, -0.25) is 24.4 Å². The van der Waals surface area contributed by atoms with E-state index in [4.69, 9.17) is 13.6 Å². The Labute approximate surface area is 192 Å². The van der Waals surface area contributed by atoms with Gasteiger partial charge in [-0.05, 0) is 30.3 Å². The number of nitro groups is 1. The second-order valence-corrected chi connectivity index (χ2v) is 7.06. The van der Waals surface area contributed by atoms with E-state index >= 15 is 0 Å². The Balaban J connectivity index is 1.39. The molecular formula is C22H19N5O7. The van der Waals surface area contributed by atoms with E-state index in [1.807, 2.05) is 0 Å². The van der Waals surface area contributed by atoms with Crippen LogP contribution < -0.4 is 15.4 Å². The van der Waals surface area contributed by atoms with E-state index in [1.54, 1.807) is 25.2 Å². The van der Waals surface area contributed by atoms with Crippen molar-refractivity contribution in [3.8, 4) is 5.75 Å². The molecule has 0 saturated heterocycles. The maximum absolute atomic E-state index is 12.7. The van der Waals surface area contributed by atoms with Crippen molar-refractivity contribution in [2.24, 2.45) is 7.05 Å². The zero-order valence-corrected chi connectivity index (χ0v) is 17.9. The summed E-state index contributed by atoms with van der Waals surface area (Å²) >= 11 is 0. The van der Waals surface area contributed by atoms with Gasteiger partial charge in [-0.2, -0.15) is 5.10 Å². The van der Waals surface area contributed by atoms with E-state index in [-0.39, 0.29) is 47.5 Å². The first kappa shape index (κ1) is 22.3. The molecule has 34 heavy (non-hydrogen) atoms. The first-order chi connectivity index (χ1) is 16.4. The van der Waals surface area contributed by atoms with E-state index in [2.05, 4.69) is 15.7 Å². The fourth-order valence-electron chi connectivity index (χ4n) is 3.05.